The van der Waals surface area contributed by atoms with Crippen LogP contribution in [0.25, 0.3) is 0 Å². The van der Waals surface area contributed by atoms with Crippen LogP contribution in [-0.2, 0) is 24.2 Å². The van der Waals surface area contributed by atoms with E-state index in [0.29, 0.717) is 25.8 Å². The van der Waals surface area contributed by atoms with Gasteiger partial charge < -0.3 is 22.1 Å². The van der Waals surface area contributed by atoms with Crippen LogP contribution in [0, 0.1) is 5.41 Å². The minimum absolute atomic E-state index is 0. The van der Waals surface area contributed by atoms with Crippen molar-refractivity contribution in [1.29, 1.82) is 5.41 Å². The van der Waals surface area contributed by atoms with Gasteiger partial charge in [0, 0.05) is 6.54 Å². The molecule has 2 amide bonds. The zero-order chi connectivity index (χ0) is 20.8. The summed E-state index contributed by atoms with van der Waals surface area (Å²) in [5, 5.41) is 11.3. The Balaban J connectivity index is -0.00000104. The van der Waals surface area contributed by atoms with Crippen molar-refractivity contribution in [3.05, 3.63) is 12.7 Å². The van der Waals surface area contributed by atoms with Crippen LogP contribution in [0.4, 0.5) is 0 Å². The molecule has 13 heteroatoms. The van der Waals surface area contributed by atoms with E-state index in [9.17, 15) is 18.0 Å². The van der Waals surface area contributed by atoms with Crippen LogP contribution in [0.1, 0.15) is 39.5 Å². The van der Waals surface area contributed by atoms with Crippen molar-refractivity contribution in [3.63, 3.8) is 0 Å². The standard InChI is InChI=1S/C13H24N2O6S.CH5N3.Na.H/c1-4-11(16)15-13(2,3)12(17)14-9-7-5-6-8-10-21-22(18,19)20;2-1(3)4;;/h4H,1,5-10H2,2-3H3,(H,14,17)(H,15,16)(H,18,19,20);(H5,2,3,4);;. The summed E-state index contributed by atoms with van der Waals surface area (Å²) >= 11 is 0. The molecule has 0 rings (SSSR count). The van der Waals surface area contributed by atoms with Crippen LogP contribution < -0.4 is 22.1 Å². The van der Waals surface area contributed by atoms with Gasteiger partial charge in [-0.25, -0.2) is 4.18 Å². The Labute approximate surface area is 182 Å². The van der Waals surface area contributed by atoms with E-state index in [-0.39, 0.29) is 48.0 Å². The van der Waals surface area contributed by atoms with Crippen molar-refractivity contribution in [2.75, 3.05) is 13.2 Å². The number of hydrogen-bond acceptors (Lipinski definition) is 6. The van der Waals surface area contributed by atoms with Crippen molar-refractivity contribution >= 4 is 57.7 Å². The second kappa shape index (κ2) is 15.8. The molecule has 0 bridgehead atoms. The number of carbonyl (C=O) groups excluding carboxylic acids is 2. The van der Waals surface area contributed by atoms with Gasteiger partial charge in [0.05, 0.1) is 6.61 Å². The topological polar surface area (TPSA) is 198 Å². The van der Waals surface area contributed by atoms with Gasteiger partial charge in [0.25, 0.3) is 0 Å². The Bertz CT molecular complexity index is 579. The summed E-state index contributed by atoms with van der Waals surface area (Å²) in [6, 6.07) is 0. The van der Waals surface area contributed by atoms with Crippen molar-refractivity contribution in [2.24, 2.45) is 11.5 Å². The number of hydrogen-bond donors (Lipinski definition) is 6. The van der Waals surface area contributed by atoms with E-state index in [0.717, 1.165) is 12.5 Å². The first-order chi connectivity index (χ1) is 11.8. The van der Waals surface area contributed by atoms with Crippen LogP contribution in [0.3, 0.4) is 0 Å². The van der Waals surface area contributed by atoms with E-state index < -0.39 is 21.8 Å². The molecule has 0 saturated heterocycles. The molecular formula is C14H30N5NaO6S. The molecular weight excluding hydrogens is 389 g/mol. The molecule has 0 aromatic carbocycles. The molecule has 0 unspecified atom stereocenters. The van der Waals surface area contributed by atoms with E-state index in [1.165, 1.54) is 0 Å². The SMILES string of the molecule is C=CC(=O)NC(C)(C)C(=O)NCCCCCCOS(=O)(=O)O.N=C(N)N.[NaH]. The van der Waals surface area contributed by atoms with Crippen LogP contribution in [0.15, 0.2) is 12.7 Å². The Morgan fingerprint density at radius 3 is 2.15 bits per heavy atom. The fourth-order valence-electron chi connectivity index (χ4n) is 1.58. The first kappa shape index (κ1) is 30.5. The molecule has 8 N–H and O–H groups in total. The van der Waals surface area contributed by atoms with Gasteiger partial charge in [0.15, 0.2) is 5.96 Å². The predicted molar refractivity (Wildman–Crippen MR) is 105 cm³/mol. The molecule has 27 heavy (non-hydrogen) atoms. The molecule has 0 atom stereocenters. The van der Waals surface area contributed by atoms with E-state index in [4.69, 9.17) is 9.96 Å². The number of guanidine groups is 1. The number of nitrogens with one attached hydrogen (secondary N) is 3. The average Bonchev–Trinajstić information content (AvgIpc) is 2.47. The second-order valence-corrected chi connectivity index (χ2v) is 6.78. The molecule has 0 heterocycles. The normalized spacial score (nSPS) is 10.5. The molecule has 0 aromatic heterocycles. The van der Waals surface area contributed by atoms with Crippen LogP contribution in [0.5, 0.6) is 0 Å². The third kappa shape index (κ3) is 22.8. The number of unbranched alkanes of at least 4 members (excludes halogenated alkanes) is 3. The van der Waals surface area contributed by atoms with Gasteiger partial charge >= 0.3 is 40.0 Å². The summed E-state index contributed by atoms with van der Waals surface area (Å²) in [6.45, 7) is 6.90. The molecule has 0 spiro atoms. The first-order valence-electron chi connectivity index (χ1n) is 7.76. The van der Waals surface area contributed by atoms with Crippen LogP contribution in [0.2, 0.25) is 0 Å². The van der Waals surface area contributed by atoms with Crippen LogP contribution in [-0.4, -0.2) is 79.0 Å². The number of amides is 2. The van der Waals surface area contributed by atoms with Crippen LogP contribution >= 0.6 is 0 Å². The molecule has 11 nitrogen and oxygen atoms in total. The maximum atomic E-state index is 11.9. The van der Waals surface area contributed by atoms with Crippen molar-refractivity contribution < 1.29 is 26.7 Å². The Morgan fingerprint density at radius 1 is 1.22 bits per heavy atom. The molecule has 0 aliphatic heterocycles. The van der Waals surface area contributed by atoms with E-state index in [1.807, 2.05) is 0 Å². The number of nitrogens with two attached hydrogens (primary N) is 2. The third-order valence-corrected chi connectivity index (χ3v) is 3.24. The van der Waals surface area contributed by atoms with E-state index in [1.54, 1.807) is 13.8 Å². The summed E-state index contributed by atoms with van der Waals surface area (Å²) in [5.74, 6) is -1.05. The average molecular weight is 419 g/mol. The van der Waals surface area contributed by atoms with Gasteiger partial charge in [-0.05, 0) is 32.8 Å². The molecule has 0 aliphatic rings. The summed E-state index contributed by atoms with van der Waals surface area (Å²) < 4.78 is 33.1. The van der Waals surface area contributed by atoms with Crippen molar-refractivity contribution in [3.8, 4) is 0 Å². The van der Waals surface area contributed by atoms with Gasteiger partial charge in [0.2, 0.25) is 11.8 Å². The zero-order valence-electron chi connectivity index (χ0n) is 15.1. The number of rotatable bonds is 11. The molecule has 0 saturated carbocycles. The first-order valence-corrected chi connectivity index (χ1v) is 9.12. The van der Waals surface area contributed by atoms with E-state index in [2.05, 4.69) is 32.9 Å². The quantitative estimate of drug-likeness (QED) is 0.0596. The molecule has 0 radical (unpaired) electrons. The van der Waals surface area contributed by atoms with Gasteiger partial charge in [-0.3, -0.25) is 19.6 Å². The monoisotopic (exact) mass is 419 g/mol. The second-order valence-electron chi connectivity index (χ2n) is 5.69. The Kier molecular flexibility index (Phi) is 17.9. The van der Waals surface area contributed by atoms with Gasteiger partial charge in [-0.2, -0.15) is 8.42 Å². The Morgan fingerprint density at radius 2 is 1.70 bits per heavy atom. The van der Waals surface area contributed by atoms with Crippen molar-refractivity contribution in [2.45, 2.75) is 45.1 Å². The van der Waals surface area contributed by atoms with Gasteiger partial charge in [-0.1, -0.05) is 19.4 Å². The fourth-order valence-corrected chi connectivity index (χ4v) is 1.91. The fraction of sp³-hybridized carbons (Fsp3) is 0.643. The predicted octanol–water partition coefficient (Wildman–Crippen LogP) is -1.25. The summed E-state index contributed by atoms with van der Waals surface area (Å²) in [7, 11) is -4.36. The zero-order valence-corrected chi connectivity index (χ0v) is 15.9. The van der Waals surface area contributed by atoms with E-state index >= 15 is 0 Å². The summed E-state index contributed by atoms with van der Waals surface area (Å²) in [6.07, 6.45) is 3.79. The molecule has 0 aromatic rings. The minimum atomic E-state index is -4.36. The Hall–Kier alpha value is -1.18. The summed E-state index contributed by atoms with van der Waals surface area (Å²) in [5.41, 5.74) is 7.93. The third-order valence-electron chi connectivity index (χ3n) is 2.78. The molecule has 154 valence electrons. The van der Waals surface area contributed by atoms with Gasteiger partial charge in [0.1, 0.15) is 5.54 Å². The molecule has 0 aliphatic carbocycles. The maximum absolute atomic E-state index is 11.9. The molecule has 0 fully saturated rings. The number of carbonyl (C=O) groups is 2. The van der Waals surface area contributed by atoms with Gasteiger partial charge in [-0.15, -0.1) is 0 Å². The summed E-state index contributed by atoms with van der Waals surface area (Å²) in [4.78, 5) is 23.1. The van der Waals surface area contributed by atoms with Crippen molar-refractivity contribution in [1.82, 2.24) is 10.6 Å².